The van der Waals surface area contributed by atoms with Crippen LogP contribution < -0.4 is 10.6 Å². The number of thioether (sulfide) groups is 1. The van der Waals surface area contributed by atoms with Gasteiger partial charge in [-0.3, -0.25) is 4.90 Å². The Bertz CT molecular complexity index is 494. The summed E-state index contributed by atoms with van der Waals surface area (Å²) in [6.45, 7) is 9.47. The molecule has 2 heterocycles. The maximum absolute atomic E-state index is 5.98. The number of ether oxygens (including phenoxy) is 1. The molecule has 2 aliphatic rings. The molecule has 21 heavy (non-hydrogen) atoms. The normalized spacial score (nSPS) is 23.4. The average molecular weight is 307 g/mol. The maximum atomic E-state index is 5.98. The Labute approximate surface area is 131 Å². The summed E-state index contributed by atoms with van der Waals surface area (Å²) in [5, 5.41) is 0. The number of hydrogen-bond acceptors (Lipinski definition) is 5. The van der Waals surface area contributed by atoms with Crippen LogP contribution in [0.4, 0.5) is 11.4 Å². The van der Waals surface area contributed by atoms with Crippen LogP contribution in [0.2, 0.25) is 0 Å². The van der Waals surface area contributed by atoms with E-state index in [0.717, 1.165) is 44.2 Å². The van der Waals surface area contributed by atoms with Gasteiger partial charge in [0.1, 0.15) is 0 Å². The standard InChI is InChI=1S/C16H25N3OS/c1-12(2)18-5-7-20-14(10-18)11-19-6-8-21-16-4-3-13(17)9-15(16)19/h3-4,9,12,14H,5-8,10-11,17H2,1-2H3. The van der Waals surface area contributed by atoms with E-state index in [2.05, 4.69) is 35.8 Å². The molecule has 1 aromatic rings. The van der Waals surface area contributed by atoms with Gasteiger partial charge >= 0.3 is 0 Å². The van der Waals surface area contributed by atoms with Crippen molar-refractivity contribution in [3.63, 3.8) is 0 Å². The lowest BCUT2D eigenvalue weighted by Crippen LogP contribution is -2.50. The van der Waals surface area contributed by atoms with Gasteiger partial charge in [-0.15, -0.1) is 11.8 Å². The molecule has 1 atom stereocenters. The van der Waals surface area contributed by atoms with Gasteiger partial charge in [-0.05, 0) is 32.0 Å². The van der Waals surface area contributed by atoms with E-state index in [4.69, 9.17) is 10.5 Å². The van der Waals surface area contributed by atoms with Gasteiger partial charge in [-0.2, -0.15) is 0 Å². The highest BCUT2D eigenvalue weighted by Crippen LogP contribution is 2.36. The van der Waals surface area contributed by atoms with Crippen molar-refractivity contribution in [1.29, 1.82) is 0 Å². The van der Waals surface area contributed by atoms with Crippen LogP contribution in [0.25, 0.3) is 0 Å². The van der Waals surface area contributed by atoms with Crippen LogP contribution in [0.5, 0.6) is 0 Å². The summed E-state index contributed by atoms with van der Waals surface area (Å²) in [5.41, 5.74) is 8.08. The smallest absolute Gasteiger partial charge is 0.0877 e. The zero-order valence-electron chi connectivity index (χ0n) is 12.9. The fraction of sp³-hybridized carbons (Fsp3) is 0.625. The van der Waals surface area contributed by atoms with Crippen molar-refractivity contribution in [2.45, 2.75) is 30.9 Å². The first-order chi connectivity index (χ1) is 10.1. The second kappa shape index (κ2) is 6.46. The van der Waals surface area contributed by atoms with Crippen molar-refractivity contribution in [1.82, 2.24) is 4.90 Å². The predicted molar refractivity (Wildman–Crippen MR) is 90.2 cm³/mol. The summed E-state index contributed by atoms with van der Waals surface area (Å²) in [7, 11) is 0. The number of hydrogen-bond donors (Lipinski definition) is 1. The van der Waals surface area contributed by atoms with Crippen LogP contribution in [0, 0.1) is 0 Å². The van der Waals surface area contributed by atoms with Gasteiger partial charge in [0.2, 0.25) is 0 Å². The van der Waals surface area contributed by atoms with E-state index in [0.29, 0.717) is 12.1 Å². The lowest BCUT2D eigenvalue weighted by Gasteiger charge is -2.39. The van der Waals surface area contributed by atoms with Gasteiger partial charge < -0.3 is 15.4 Å². The minimum atomic E-state index is 0.290. The van der Waals surface area contributed by atoms with Crippen LogP contribution in [-0.2, 0) is 4.74 Å². The molecule has 0 aromatic heterocycles. The number of nitrogens with two attached hydrogens (primary N) is 1. The third-order valence-electron chi connectivity index (χ3n) is 4.27. The lowest BCUT2D eigenvalue weighted by atomic mass is 10.2. The highest BCUT2D eigenvalue weighted by molar-refractivity contribution is 7.99. The lowest BCUT2D eigenvalue weighted by molar-refractivity contribution is -0.0342. The SMILES string of the molecule is CC(C)N1CCOC(CN2CCSc3ccc(N)cc32)C1. The predicted octanol–water partition coefficient (Wildman–Crippen LogP) is 2.29. The number of nitrogens with zero attached hydrogens (tertiary/aromatic N) is 2. The summed E-state index contributed by atoms with van der Waals surface area (Å²) in [4.78, 5) is 6.29. The number of nitrogen functional groups attached to an aromatic ring is 1. The van der Waals surface area contributed by atoms with Gasteiger partial charge in [0.05, 0.1) is 18.4 Å². The molecule has 3 rings (SSSR count). The number of rotatable bonds is 3. The molecule has 0 bridgehead atoms. The molecule has 0 spiro atoms. The average Bonchev–Trinajstić information content (AvgIpc) is 2.48. The molecular formula is C16H25N3OS. The molecule has 1 aromatic carbocycles. The van der Waals surface area contributed by atoms with Crippen molar-refractivity contribution < 1.29 is 4.74 Å². The van der Waals surface area contributed by atoms with Gasteiger partial charge in [0.25, 0.3) is 0 Å². The molecule has 116 valence electrons. The summed E-state index contributed by atoms with van der Waals surface area (Å²) >= 11 is 1.92. The maximum Gasteiger partial charge on any atom is 0.0877 e. The van der Waals surface area contributed by atoms with Gasteiger partial charge in [-0.1, -0.05) is 0 Å². The third kappa shape index (κ3) is 3.47. The summed E-state index contributed by atoms with van der Waals surface area (Å²) in [6.07, 6.45) is 0.290. The molecule has 1 unspecified atom stereocenters. The second-order valence-electron chi connectivity index (χ2n) is 6.10. The fourth-order valence-electron chi connectivity index (χ4n) is 3.05. The highest BCUT2D eigenvalue weighted by Gasteiger charge is 2.26. The summed E-state index contributed by atoms with van der Waals surface area (Å²) in [5.74, 6) is 1.14. The molecule has 4 nitrogen and oxygen atoms in total. The first-order valence-corrected chi connectivity index (χ1v) is 8.75. The first kappa shape index (κ1) is 15.0. The monoisotopic (exact) mass is 307 g/mol. The minimum Gasteiger partial charge on any atom is -0.399 e. The zero-order chi connectivity index (χ0) is 14.8. The van der Waals surface area contributed by atoms with Crippen LogP contribution in [0.3, 0.4) is 0 Å². The third-order valence-corrected chi connectivity index (χ3v) is 5.31. The molecule has 0 amide bonds. The summed E-state index contributed by atoms with van der Waals surface area (Å²) < 4.78 is 5.98. The minimum absolute atomic E-state index is 0.290. The molecule has 5 heteroatoms. The Morgan fingerprint density at radius 2 is 2.24 bits per heavy atom. The van der Waals surface area contributed by atoms with Crippen LogP contribution in [0.15, 0.2) is 23.1 Å². The van der Waals surface area contributed by atoms with Gasteiger partial charge in [0, 0.05) is 48.6 Å². The first-order valence-electron chi connectivity index (χ1n) is 7.76. The number of benzene rings is 1. The Kier molecular flexibility index (Phi) is 4.62. The molecule has 1 saturated heterocycles. The Hall–Kier alpha value is -0.910. The quantitative estimate of drug-likeness (QED) is 0.868. The van der Waals surface area contributed by atoms with Crippen LogP contribution >= 0.6 is 11.8 Å². The second-order valence-corrected chi connectivity index (χ2v) is 7.24. The van der Waals surface area contributed by atoms with Crippen molar-refractivity contribution in [2.24, 2.45) is 0 Å². The van der Waals surface area contributed by atoms with E-state index in [1.165, 1.54) is 10.6 Å². The number of morpholine rings is 1. The van der Waals surface area contributed by atoms with E-state index in [9.17, 15) is 0 Å². The largest absolute Gasteiger partial charge is 0.399 e. The van der Waals surface area contributed by atoms with Crippen molar-refractivity contribution >= 4 is 23.1 Å². The van der Waals surface area contributed by atoms with Crippen LogP contribution in [0.1, 0.15) is 13.8 Å². The molecule has 1 fully saturated rings. The molecule has 0 saturated carbocycles. The van der Waals surface area contributed by atoms with Crippen molar-refractivity contribution in [2.75, 3.05) is 49.2 Å². The van der Waals surface area contributed by atoms with E-state index in [1.54, 1.807) is 0 Å². The number of anilines is 2. The van der Waals surface area contributed by atoms with E-state index < -0.39 is 0 Å². The molecule has 2 N–H and O–H groups in total. The fourth-order valence-corrected chi connectivity index (χ4v) is 4.08. The Morgan fingerprint density at radius 3 is 3.05 bits per heavy atom. The molecule has 0 aliphatic carbocycles. The van der Waals surface area contributed by atoms with Crippen molar-refractivity contribution in [3.8, 4) is 0 Å². The highest BCUT2D eigenvalue weighted by atomic mass is 32.2. The van der Waals surface area contributed by atoms with E-state index in [1.807, 2.05) is 17.8 Å². The topological polar surface area (TPSA) is 41.7 Å². The Balaban J connectivity index is 1.70. The van der Waals surface area contributed by atoms with Crippen molar-refractivity contribution in [3.05, 3.63) is 18.2 Å². The zero-order valence-corrected chi connectivity index (χ0v) is 13.7. The van der Waals surface area contributed by atoms with Gasteiger partial charge in [-0.25, -0.2) is 0 Å². The van der Waals surface area contributed by atoms with E-state index >= 15 is 0 Å². The Morgan fingerprint density at radius 1 is 1.38 bits per heavy atom. The summed E-state index contributed by atoms with van der Waals surface area (Å²) in [6, 6.07) is 6.83. The molecule has 0 radical (unpaired) electrons. The molecule has 2 aliphatic heterocycles. The van der Waals surface area contributed by atoms with E-state index in [-0.39, 0.29) is 0 Å². The number of fused-ring (bicyclic) bond motifs is 1. The van der Waals surface area contributed by atoms with Gasteiger partial charge in [0.15, 0.2) is 0 Å². The molecular weight excluding hydrogens is 282 g/mol. The van der Waals surface area contributed by atoms with Crippen LogP contribution in [-0.4, -0.2) is 55.6 Å².